The molecule has 0 aliphatic carbocycles. The maximum atomic E-state index is 13.4. The Morgan fingerprint density at radius 1 is 1.34 bits per heavy atom. The summed E-state index contributed by atoms with van der Waals surface area (Å²) in [6, 6.07) is 5.75. The van der Waals surface area contributed by atoms with E-state index < -0.39 is 0 Å². The molecule has 3 aliphatic rings. The molecule has 5 rings (SSSR count). The molecule has 1 amide bonds. The lowest BCUT2D eigenvalue weighted by Crippen LogP contribution is -2.41. The van der Waals surface area contributed by atoms with E-state index in [0.29, 0.717) is 13.0 Å². The molecule has 7 heteroatoms. The highest BCUT2D eigenvalue weighted by Gasteiger charge is 2.37. The number of amides is 1. The zero-order valence-electron chi connectivity index (χ0n) is 16.7. The van der Waals surface area contributed by atoms with E-state index in [2.05, 4.69) is 10.3 Å². The van der Waals surface area contributed by atoms with Crippen molar-refractivity contribution >= 4 is 5.91 Å². The number of nitrogens with zero attached hydrogens (tertiary/aromatic N) is 3. The summed E-state index contributed by atoms with van der Waals surface area (Å²) in [5, 5.41) is 3.35. The van der Waals surface area contributed by atoms with Crippen LogP contribution in [-0.2, 0) is 24.2 Å². The molecule has 2 aromatic rings. The van der Waals surface area contributed by atoms with Gasteiger partial charge >= 0.3 is 0 Å². The van der Waals surface area contributed by atoms with E-state index in [1.807, 2.05) is 29.3 Å². The molecule has 1 aromatic carbocycles. The zero-order chi connectivity index (χ0) is 19.8. The van der Waals surface area contributed by atoms with Crippen molar-refractivity contribution in [2.24, 2.45) is 5.92 Å². The van der Waals surface area contributed by atoms with Gasteiger partial charge in [0.25, 0.3) is 0 Å². The summed E-state index contributed by atoms with van der Waals surface area (Å²) in [4.78, 5) is 24.8. The third-order valence-electron chi connectivity index (χ3n) is 6.18. The Balaban J connectivity index is 1.35. The van der Waals surface area contributed by atoms with Gasteiger partial charge in [-0.1, -0.05) is 0 Å². The summed E-state index contributed by atoms with van der Waals surface area (Å²) in [5.41, 5.74) is 3.32. The first kappa shape index (κ1) is 18.4. The number of likely N-dealkylation sites (tertiary alicyclic amines) is 1. The highest BCUT2D eigenvalue weighted by atomic mass is 16.5. The zero-order valence-corrected chi connectivity index (χ0v) is 16.7. The van der Waals surface area contributed by atoms with Crippen molar-refractivity contribution in [1.82, 2.24) is 20.2 Å². The standard InChI is InChI=1S/C22H26N4O3/c1-28-17-4-5-20-14(10-17)9-15(13-29-20)22(27)26-8-2-3-19(26)21-24-12-16-11-23-7-6-18(16)25-21/h4-5,10,12,15,19,23H,2-3,6-9,11,13H2,1H3/t15-,19-/m1/s1. The average molecular weight is 394 g/mol. The van der Waals surface area contributed by atoms with Crippen LogP contribution >= 0.6 is 0 Å². The van der Waals surface area contributed by atoms with Crippen LogP contribution in [0.2, 0.25) is 0 Å². The van der Waals surface area contributed by atoms with Gasteiger partial charge in [-0.05, 0) is 43.0 Å². The molecular formula is C22H26N4O3. The minimum Gasteiger partial charge on any atom is -0.497 e. The normalized spacial score (nSPS) is 23.1. The Hall–Kier alpha value is -2.67. The number of benzene rings is 1. The number of carbonyl (C=O) groups is 1. The minimum absolute atomic E-state index is 0.0330. The molecule has 1 aromatic heterocycles. The molecule has 0 unspecified atom stereocenters. The number of methoxy groups -OCH3 is 1. The molecule has 1 saturated heterocycles. The van der Waals surface area contributed by atoms with Gasteiger partial charge in [0, 0.05) is 43.5 Å². The maximum absolute atomic E-state index is 13.4. The Labute approximate surface area is 170 Å². The number of aromatic nitrogens is 2. The third-order valence-corrected chi connectivity index (χ3v) is 6.18. The van der Waals surface area contributed by atoms with Crippen LogP contribution in [0, 0.1) is 5.92 Å². The second kappa shape index (κ2) is 7.63. The monoisotopic (exact) mass is 394 g/mol. The Bertz CT molecular complexity index is 932. The SMILES string of the molecule is COc1ccc2c(c1)C[C@@H](C(=O)N1CCC[C@@H]1c1ncc3c(n1)CCNC3)CO2. The molecule has 3 aliphatic heterocycles. The molecule has 7 nitrogen and oxygen atoms in total. The van der Waals surface area contributed by atoms with Crippen LogP contribution in [0.1, 0.15) is 41.5 Å². The fraction of sp³-hybridized carbons (Fsp3) is 0.500. The van der Waals surface area contributed by atoms with Crippen LogP contribution in [-0.4, -0.2) is 47.6 Å². The number of rotatable bonds is 3. The number of hydrogen-bond donors (Lipinski definition) is 1. The predicted octanol–water partition coefficient (Wildman–Crippen LogP) is 2.05. The van der Waals surface area contributed by atoms with Gasteiger partial charge in [0.2, 0.25) is 5.91 Å². The van der Waals surface area contributed by atoms with E-state index in [1.165, 1.54) is 5.56 Å². The van der Waals surface area contributed by atoms with Crippen molar-refractivity contribution < 1.29 is 14.3 Å². The van der Waals surface area contributed by atoms with Gasteiger partial charge in [0.1, 0.15) is 18.1 Å². The van der Waals surface area contributed by atoms with Crippen molar-refractivity contribution in [3.05, 3.63) is 47.0 Å². The van der Waals surface area contributed by atoms with Crippen LogP contribution in [0.5, 0.6) is 11.5 Å². The molecule has 1 N–H and O–H groups in total. The van der Waals surface area contributed by atoms with Crippen LogP contribution < -0.4 is 14.8 Å². The first-order chi connectivity index (χ1) is 14.2. The number of fused-ring (bicyclic) bond motifs is 2. The minimum atomic E-state index is -0.183. The van der Waals surface area contributed by atoms with E-state index in [4.69, 9.17) is 14.5 Å². The summed E-state index contributed by atoms with van der Waals surface area (Å²) < 4.78 is 11.2. The van der Waals surface area contributed by atoms with Gasteiger partial charge in [0.15, 0.2) is 5.82 Å². The highest BCUT2D eigenvalue weighted by molar-refractivity contribution is 5.80. The third kappa shape index (κ3) is 3.44. The molecule has 2 atom stereocenters. The molecule has 152 valence electrons. The lowest BCUT2D eigenvalue weighted by Gasteiger charge is -2.31. The quantitative estimate of drug-likeness (QED) is 0.859. The fourth-order valence-electron chi connectivity index (χ4n) is 4.60. The van der Waals surface area contributed by atoms with Gasteiger partial charge in [-0.2, -0.15) is 0 Å². The van der Waals surface area contributed by atoms with Crippen LogP contribution in [0.25, 0.3) is 0 Å². The number of ether oxygens (including phenoxy) is 2. The molecular weight excluding hydrogens is 368 g/mol. The van der Waals surface area contributed by atoms with Gasteiger partial charge in [-0.15, -0.1) is 0 Å². The Morgan fingerprint density at radius 2 is 2.28 bits per heavy atom. The summed E-state index contributed by atoms with van der Waals surface area (Å²) in [5.74, 6) is 2.38. The lowest BCUT2D eigenvalue weighted by molar-refractivity contribution is -0.138. The van der Waals surface area contributed by atoms with Gasteiger partial charge in [0.05, 0.1) is 19.1 Å². The maximum Gasteiger partial charge on any atom is 0.230 e. The van der Waals surface area contributed by atoms with Crippen LogP contribution in [0.15, 0.2) is 24.4 Å². The van der Waals surface area contributed by atoms with Crippen molar-refractivity contribution in [2.45, 2.75) is 38.3 Å². The smallest absolute Gasteiger partial charge is 0.230 e. The van der Waals surface area contributed by atoms with E-state index in [1.54, 1.807) is 7.11 Å². The molecule has 0 bridgehead atoms. The van der Waals surface area contributed by atoms with Crippen LogP contribution in [0.3, 0.4) is 0 Å². The van der Waals surface area contributed by atoms with Gasteiger partial charge in [-0.3, -0.25) is 4.79 Å². The molecule has 29 heavy (non-hydrogen) atoms. The second-order valence-electron chi connectivity index (χ2n) is 8.00. The van der Waals surface area contributed by atoms with E-state index in [0.717, 1.165) is 67.5 Å². The summed E-state index contributed by atoms with van der Waals surface area (Å²) in [6.45, 7) is 2.94. The van der Waals surface area contributed by atoms with Crippen molar-refractivity contribution in [3.63, 3.8) is 0 Å². The molecule has 0 saturated carbocycles. The van der Waals surface area contributed by atoms with Crippen molar-refractivity contribution in [2.75, 3.05) is 26.8 Å². The molecule has 1 fully saturated rings. The fourth-order valence-corrected chi connectivity index (χ4v) is 4.60. The number of carbonyl (C=O) groups excluding carboxylic acids is 1. The van der Waals surface area contributed by atoms with Crippen molar-refractivity contribution in [1.29, 1.82) is 0 Å². The number of nitrogens with one attached hydrogen (secondary N) is 1. The number of hydrogen-bond acceptors (Lipinski definition) is 6. The van der Waals surface area contributed by atoms with Gasteiger partial charge in [-0.25, -0.2) is 9.97 Å². The Kier molecular flexibility index (Phi) is 4.83. The average Bonchev–Trinajstić information content (AvgIpc) is 3.27. The lowest BCUT2D eigenvalue weighted by atomic mass is 9.95. The summed E-state index contributed by atoms with van der Waals surface area (Å²) in [6.07, 6.45) is 5.42. The predicted molar refractivity (Wildman–Crippen MR) is 107 cm³/mol. The topological polar surface area (TPSA) is 76.6 Å². The van der Waals surface area contributed by atoms with E-state index in [-0.39, 0.29) is 17.9 Å². The van der Waals surface area contributed by atoms with Crippen molar-refractivity contribution in [3.8, 4) is 11.5 Å². The van der Waals surface area contributed by atoms with Gasteiger partial charge < -0.3 is 19.7 Å². The first-order valence-corrected chi connectivity index (χ1v) is 10.4. The second-order valence-corrected chi connectivity index (χ2v) is 8.00. The summed E-state index contributed by atoms with van der Waals surface area (Å²) >= 11 is 0. The van der Waals surface area contributed by atoms with Crippen LogP contribution in [0.4, 0.5) is 0 Å². The van der Waals surface area contributed by atoms with E-state index in [9.17, 15) is 4.79 Å². The highest BCUT2D eigenvalue weighted by Crippen LogP contribution is 2.35. The largest absolute Gasteiger partial charge is 0.497 e. The molecule has 0 spiro atoms. The molecule has 0 radical (unpaired) electrons. The summed E-state index contributed by atoms with van der Waals surface area (Å²) in [7, 11) is 1.65. The molecule has 4 heterocycles. The Morgan fingerprint density at radius 3 is 3.17 bits per heavy atom. The van der Waals surface area contributed by atoms with E-state index >= 15 is 0 Å². The first-order valence-electron chi connectivity index (χ1n) is 10.4.